The Balaban J connectivity index is 1.76. The van der Waals surface area contributed by atoms with Gasteiger partial charge in [0.05, 0.1) is 25.8 Å². The number of nitrogens with zero attached hydrogens (tertiary/aromatic N) is 1. The summed E-state index contributed by atoms with van der Waals surface area (Å²) in [6, 6.07) is 16.8. The lowest BCUT2D eigenvalue weighted by molar-refractivity contribution is 0.0502. The first-order valence-electron chi connectivity index (χ1n) is 11.2. The first-order chi connectivity index (χ1) is 16.6. The van der Waals surface area contributed by atoms with Crippen LogP contribution in [0.3, 0.4) is 0 Å². The molecule has 0 radical (unpaired) electrons. The van der Waals surface area contributed by atoms with Crippen LogP contribution < -0.4 is 14.2 Å². The monoisotopic (exact) mass is 479 g/mol. The Morgan fingerprint density at radius 3 is 2.47 bits per heavy atom. The second-order valence-electron chi connectivity index (χ2n) is 7.65. The molecule has 0 aliphatic heterocycles. The number of esters is 1. The predicted molar refractivity (Wildman–Crippen MR) is 134 cm³/mol. The van der Waals surface area contributed by atoms with E-state index in [0.717, 1.165) is 29.0 Å². The van der Waals surface area contributed by atoms with Gasteiger partial charge in [-0.15, -0.1) is 11.6 Å². The van der Waals surface area contributed by atoms with Crippen LogP contribution in [0.15, 0.2) is 60.8 Å². The van der Waals surface area contributed by atoms with Crippen molar-refractivity contribution in [1.82, 2.24) is 4.98 Å². The molecular weight excluding hydrogens is 454 g/mol. The highest BCUT2D eigenvalue weighted by Crippen LogP contribution is 2.38. The second kappa shape index (κ2) is 11.1. The Hall–Kier alpha value is -3.51. The van der Waals surface area contributed by atoms with E-state index in [0.29, 0.717) is 53.2 Å². The van der Waals surface area contributed by atoms with E-state index >= 15 is 0 Å². The molecule has 0 saturated carbocycles. The molecule has 0 atom stereocenters. The number of ether oxygens (including phenoxy) is 4. The van der Waals surface area contributed by atoms with Gasteiger partial charge in [0.25, 0.3) is 0 Å². The van der Waals surface area contributed by atoms with Crippen molar-refractivity contribution in [2.45, 2.75) is 19.8 Å². The minimum Gasteiger partial charge on any atom is -0.493 e. The fourth-order valence-corrected chi connectivity index (χ4v) is 3.69. The van der Waals surface area contributed by atoms with Crippen LogP contribution in [0, 0.1) is 0 Å². The summed E-state index contributed by atoms with van der Waals surface area (Å²) in [7, 11) is 1.58. The number of alkyl halides is 1. The molecule has 6 nitrogen and oxygen atoms in total. The molecule has 0 amide bonds. The van der Waals surface area contributed by atoms with Crippen molar-refractivity contribution in [3.8, 4) is 23.0 Å². The summed E-state index contributed by atoms with van der Waals surface area (Å²) < 4.78 is 23.1. The molecule has 0 aliphatic carbocycles. The number of carbonyl (C=O) groups excluding carboxylic acids is 1. The standard InChI is InChI=1S/C27H26ClNO5/c1-3-12-33-27(30)21-14-18-7-4-5-8-19(18)15-24(21)34-23-9-11-29-22-17-26(32-13-6-10-28)25(31-2)16-20(22)23/h4-5,7-9,11,14-17H,3,6,10,12-13H2,1-2H3. The van der Waals surface area contributed by atoms with Crippen molar-refractivity contribution in [2.24, 2.45) is 0 Å². The van der Waals surface area contributed by atoms with Gasteiger partial charge in [-0.25, -0.2) is 4.79 Å². The van der Waals surface area contributed by atoms with Crippen molar-refractivity contribution in [3.63, 3.8) is 0 Å². The fourth-order valence-electron chi connectivity index (χ4n) is 3.58. The summed E-state index contributed by atoms with van der Waals surface area (Å²) in [5.74, 6) is 2.18. The molecule has 0 unspecified atom stereocenters. The molecule has 0 aliphatic rings. The van der Waals surface area contributed by atoms with Crippen LogP contribution in [-0.2, 0) is 4.74 Å². The van der Waals surface area contributed by atoms with Gasteiger partial charge in [0.2, 0.25) is 0 Å². The number of carbonyl (C=O) groups is 1. The highest BCUT2D eigenvalue weighted by molar-refractivity contribution is 6.17. The molecule has 0 saturated heterocycles. The smallest absolute Gasteiger partial charge is 0.341 e. The van der Waals surface area contributed by atoms with Crippen LogP contribution in [0.4, 0.5) is 0 Å². The summed E-state index contributed by atoms with van der Waals surface area (Å²) in [6.07, 6.45) is 3.11. The van der Waals surface area contributed by atoms with Crippen molar-refractivity contribution in [1.29, 1.82) is 0 Å². The minimum absolute atomic E-state index is 0.340. The van der Waals surface area contributed by atoms with Gasteiger partial charge in [-0.3, -0.25) is 4.98 Å². The maximum Gasteiger partial charge on any atom is 0.341 e. The first-order valence-corrected chi connectivity index (χ1v) is 11.7. The van der Waals surface area contributed by atoms with Crippen LogP contribution in [-0.4, -0.2) is 37.2 Å². The third kappa shape index (κ3) is 5.18. The van der Waals surface area contributed by atoms with Crippen LogP contribution in [0.5, 0.6) is 23.0 Å². The molecule has 0 fully saturated rings. The summed E-state index contributed by atoms with van der Waals surface area (Å²) in [5, 5.41) is 2.61. The SMILES string of the molecule is CCCOC(=O)c1cc2ccccc2cc1Oc1ccnc2cc(OCCCCl)c(OC)cc12. The number of halogens is 1. The number of rotatable bonds is 10. The number of pyridine rings is 1. The van der Waals surface area contributed by atoms with E-state index in [2.05, 4.69) is 4.98 Å². The first kappa shape index (κ1) is 23.6. The summed E-state index contributed by atoms with van der Waals surface area (Å²) in [6.45, 7) is 2.77. The molecule has 3 aromatic carbocycles. The Labute approximate surface area is 203 Å². The molecule has 7 heteroatoms. The summed E-state index contributed by atoms with van der Waals surface area (Å²) >= 11 is 5.76. The molecule has 0 N–H and O–H groups in total. The topological polar surface area (TPSA) is 66.9 Å². The molecule has 34 heavy (non-hydrogen) atoms. The Morgan fingerprint density at radius 2 is 1.74 bits per heavy atom. The largest absolute Gasteiger partial charge is 0.493 e. The second-order valence-corrected chi connectivity index (χ2v) is 8.03. The normalized spacial score (nSPS) is 10.9. The van der Waals surface area contributed by atoms with Gasteiger partial charge in [0, 0.05) is 23.5 Å². The Morgan fingerprint density at radius 1 is 0.941 bits per heavy atom. The summed E-state index contributed by atoms with van der Waals surface area (Å²) in [5.41, 5.74) is 1.04. The van der Waals surface area contributed by atoms with Crippen LogP contribution >= 0.6 is 11.6 Å². The zero-order valence-corrected chi connectivity index (χ0v) is 19.9. The van der Waals surface area contributed by atoms with E-state index in [4.69, 9.17) is 30.5 Å². The number of benzene rings is 3. The Bertz CT molecular complexity index is 1310. The minimum atomic E-state index is -0.423. The average molecular weight is 480 g/mol. The van der Waals surface area contributed by atoms with Crippen LogP contribution in [0.2, 0.25) is 0 Å². The van der Waals surface area contributed by atoms with Gasteiger partial charge in [0.15, 0.2) is 11.5 Å². The van der Waals surface area contributed by atoms with Crippen LogP contribution in [0.1, 0.15) is 30.1 Å². The number of fused-ring (bicyclic) bond motifs is 2. The molecule has 1 heterocycles. The predicted octanol–water partition coefficient (Wildman–Crippen LogP) is 6.76. The van der Waals surface area contributed by atoms with E-state index in [-0.39, 0.29) is 0 Å². The summed E-state index contributed by atoms with van der Waals surface area (Å²) in [4.78, 5) is 17.3. The number of hydrogen-bond donors (Lipinski definition) is 0. The van der Waals surface area contributed by atoms with Crippen molar-refractivity contribution < 1.29 is 23.7 Å². The van der Waals surface area contributed by atoms with Crippen LogP contribution in [0.25, 0.3) is 21.7 Å². The van der Waals surface area contributed by atoms with E-state index < -0.39 is 5.97 Å². The lowest BCUT2D eigenvalue weighted by Gasteiger charge is -2.15. The van der Waals surface area contributed by atoms with E-state index in [1.807, 2.05) is 49.4 Å². The quantitative estimate of drug-likeness (QED) is 0.142. The van der Waals surface area contributed by atoms with E-state index in [1.165, 1.54) is 0 Å². The maximum atomic E-state index is 12.8. The van der Waals surface area contributed by atoms with E-state index in [9.17, 15) is 4.79 Å². The van der Waals surface area contributed by atoms with Gasteiger partial charge >= 0.3 is 5.97 Å². The highest BCUT2D eigenvalue weighted by Gasteiger charge is 2.18. The zero-order chi connectivity index (χ0) is 23.9. The third-order valence-electron chi connectivity index (χ3n) is 5.25. The number of hydrogen-bond acceptors (Lipinski definition) is 6. The van der Waals surface area contributed by atoms with Crippen molar-refractivity contribution in [3.05, 3.63) is 66.4 Å². The molecule has 4 rings (SSSR count). The van der Waals surface area contributed by atoms with Gasteiger partial charge < -0.3 is 18.9 Å². The number of aromatic nitrogens is 1. The molecular formula is C27H26ClNO5. The number of methoxy groups -OCH3 is 1. The molecule has 176 valence electrons. The van der Waals surface area contributed by atoms with Gasteiger partial charge in [-0.05, 0) is 47.9 Å². The Kier molecular flexibility index (Phi) is 7.70. The lowest BCUT2D eigenvalue weighted by Crippen LogP contribution is -2.08. The van der Waals surface area contributed by atoms with E-state index in [1.54, 1.807) is 25.4 Å². The average Bonchev–Trinajstić information content (AvgIpc) is 2.86. The molecule has 0 spiro atoms. The third-order valence-corrected chi connectivity index (χ3v) is 5.51. The lowest BCUT2D eigenvalue weighted by atomic mass is 10.1. The fraction of sp³-hybridized carbons (Fsp3) is 0.259. The van der Waals surface area contributed by atoms with Gasteiger partial charge in [-0.2, -0.15) is 0 Å². The zero-order valence-electron chi connectivity index (χ0n) is 19.2. The molecule has 0 bridgehead atoms. The highest BCUT2D eigenvalue weighted by atomic mass is 35.5. The van der Waals surface area contributed by atoms with Crippen molar-refractivity contribution in [2.75, 3.05) is 26.2 Å². The maximum absolute atomic E-state index is 12.8. The molecule has 4 aromatic rings. The molecule has 1 aromatic heterocycles. The van der Waals surface area contributed by atoms with Crippen molar-refractivity contribution >= 4 is 39.2 Å². The van der Waals surface area contributed by atoms with Gasteiger partial charge in [0.1, 0.15) is 17.1 Å². The van der Waals surface area contributed by atoms with Gasteiger partial charge in [-0.1, -0.05) is 31.2 Å².